The number of aromatic amines is 1. The molecule has 2 aliphatic heterocycles. The zero-order valence-electron chi connectivity index (χ0n) is 13.0. The first-order valence-corrected chi connectivity index (χ1v) is 7.77. The Balaban J connectivity index is 1.58. The van der Waals surface area contributed by atoms with E-state index in [-0.39, 0.29) is 5.82 Å². The van der Waals surface area contributed by atoms with Crippen molar-refractivity contribution in [2.75, 3.05) is 26.4 Å². The van der Waals surface area contributed by atoms with Gasteiger partial charge in [-0.25, -0.2) is 14.4 Å². The van der Waals surface area contributed by atoms with E-state index in [0.29, 0.717) is 18.7 Å². The van der Waals surface area contributed by atoms with Crippen molar-refractivity contribution in [2.24, 2.45) is 9.98 Å². The van der Waals surface area contributed by atoms with Gasteiger partial charge < -0.3 is 14.6 Å². The molecule has 2 aromatic rings. The Hall–Kier alpha value is -2.28. The largest absolute Gasteiger partial charge is 0.359 e. The van der Waals surface area contributed by atoms with Crippen LogP contribution in [-0.2, 0) is 11.2 Å². The van der Waals surface area contributed by atoms with E-state index in [2.05, 4.69) is 24.9 Å². The Morgan fingerprint density at radius 3 is 3.13 bits per heavy atom. The van der Waals surface area contributed by atoms with E-state index in [1.165, 1.54) is 12.1 Å². The monoisotopic (exact) mass is 315 g/mol. The molecule has 0 saturated carbocycles. The summed E-state index contributed by atoms with van der Waals surface area (Å²) in [5.74, 6) is 2.30. The number of aromatic nitrogens is 2. The molecule has 23 heavy (non-hydrogen) atoms. The van der Waals surface area contributed by atoms with Crippen LogP contribution in [0.2, 0.25) is 0 Å². The second kappa shape index (κ2) is 5.73. The van der Waals surface area contributed by atoms with Gasteiger partial charge in [-0.05, 0) is 24.6 Å². The molecule has 1 fully saturated rings. The maximum atomic E-state index is 13.5. The molecule has 2 aliphatic rings. The first kappa shape index (κ1) is 14.3. The van der Waals surface area contributed by atoms with E-state index in [4.69, 9.17) is 4.74 Å². The maximum Gasteiger partial charge on any atom is 0.132 e. The van der Waals surface area contributed by atoms with Crippen molar-refractivity contribution in [2.45, 2.75) is 19.8 Å². The van der Waals surface area contributed by atoms with Crippen LogP contribution in [0.5, 0.6) is 0 Å². The van der Waals surface area contributed by atoms with Gasteiger partial charge in [0.25, 0.3) is 0 Å². The second-order valence-electron chi connectivity index (χ2n) is 5.86. The third-order valence-corrected chi connectivity index (χ3v) is 4.12. The molecule has 6 nitrogen and oxygen atoms in total. The van der Waals surface area contributed by atoms with Gasteiger partial charge in [-0.2, -0.15) is 0 Å². The van der Waals surface area contributed by atoms with Crippen LogP contribution in [0.3, 0.4) is 0 Å². The van der Waals surface area contributed by atoms with Gasteiger partial charge in [0.1, 0.15) is 30.0 Å². The number of imidazole rings is 1. The van der Waals surface area contributed by atoms with Crippen molar-refractivity contribution in [3.63, 3.8) is 0 Å². The number of rotatable bonds is 2. The van der Waals surface area contributed by atoms with Crippen LogP contribution >= 0.6 is 0 Å². The number of halogens is 1. The highest BCUT2D eigenvalue weighted by atomic mass is 19.1. The number of amidine groups is 2. The lowest BCUT2D eigenvalue weighted by atomic mass is 10.2. The summed E-state index contributed by atoms with van der Waals surface area (Å²) in [5, 5.41) is 0. The molecule has 7 heteroatoms. The molecule has 3 heterocycles. The van der Waals surface area contributed by atoms with Crippen molar-refractivity contribution in [1.29, 1.82) is 0 Å². The Morgan fingerprint density at radius 2 is 2.30 bits per heavy atom. The van der Waals surface area contributed by atoms with Crippen LogP contribution in [0.1, 0.15) is 17.8 Å². The normalized spacial score (nSPS) is 18.4. The molecule has 1 aromatic carbocycles. The maximum absolute atomic E-state index is 13.5. The van der Waals surface area contributed by atoms with Crippen LogP contribution in [0.25, 0.3) is 11.0 Å². The number of nitrogens with one attached hydrogen (secondary N) is 1. The fraction of sp³-hybridized carbons (Fsp3) is 0.438. The predicted molar refractivity (Wildman–Crippen MR) is 86.4 cm³/mol. The van der Waals surface area contributed by atoms with E-state index in [9.17, 15) is 4.39 Å². The Labute approximate surface area is 133 Å². The van der Waals surface area contributed by atoms with Gasteiger partial charge in [0.15, 0.2) is 0 Å². The molecule has 0 amide bonds. The standard InChI is InChI=1S/C16H18FN5O/c1-10-6-11(17)7-12-16(10)21-14(19-12)8-13-18-3-2-15(20-13)22-4-5-23-9-22/h6-7H,2-5,8-9H2,1H3,(H,19,21). The summed E-state index contributed by atoms with van der Waals surface area (Å²) in [6.07, 6.45) is 1.37. The molecule has 0 bridgehead atoms. The molecular weight excluding hydrogens is 297 g/mol. The lowest BCUT2D eigenvalue weighted by Crippen LogP contribution is -2.32. The topological polar surface area (TPSA) is 65.9 Å². The first-order valence-electron chi connectivity index (χ1n) is 7.77. The lowest BCUT2D eigenvalue weighted by molar-refractivity contribution is 0.168. The highest BCUT2D eigenvalue weighted by molar-refractivity contribution is 5.99. The molecule has 0 aliphatic carbocycles. The number of hydrogen-bond acceptors (Lipinski definition) is 5. The smallest absolute Gasteiger partial charge is 0.132 e. The van der Waals surface area contributed by atoms with Crippen LogP contribution in [0.15, 0.2) is 22.1 Å². The van der Waals surface area contributed by atoms with Crippen molar-refractivity contribution in [1.82, 2.24) is 14.9 Å². The molecule has 0 atom stereocenters. The summed E-state index contributed by atoms with van der Waals surface area (Å²) >= 11 is 0. The minimum Gasteiger partial charge on any atom is -0.359 e. The number of H-pyrrole nitrogens is 1. The zero-order chi connectivity index (χ0) is 15.8. The van der Waals surface area contributed by atoms with Crippen molar-refractivity contribution >= 4 is 22.7 Å². The molecule has 0 unspecified atom stereocenters. The lowest BCUT2D eigenvalue weighted by Gasteiger charge is -2.20. The van der Waals surface area contributed by atoms with Crippen LogP contribution in [0, 0.1) is 12.7 Å². The number of fused-ring (bicyclic) bond motifs is 1. The molecule has 0 radical (unpaired) electrons. The highest BCUT2D eigenvalue weighted by Gasteiger charge is 2.20. The minimum absolute atomic E-state index is 0.255. The summed E-state index contributed by atoms with van der Waals surface area (Å²) in [5.41, 5.74) is 2.34. The predicted octanol–water partition coefficient (Wildman–Crippen LogP) is 2.04. The summed E-state index contributed by atoms with van der Waals surface area (Å²) in [6, 6.07) is 2.96. The quantitative estimate of drug-likeness (QED) is 0.922. The van der Waals surface area contributed by atoms with Crippen molar-refractivity contribution < 1.29 is 9.13 Å². The van der Waals surface area contributed by atoms with E-state index in [1.54, 1.807) is 0 Å². The van der Waals surface area contributed by atoms with Gasteiger partial charge in [0.2, 0.25) is 0 Å². The number of nitrogens with zero attached hydrogens (tertiary/aromatic N) is 4. The fourth-order valence-electron chi connectivity index (χ4n) is 3.00. The molecule has 4 rings (SSSR count). The number of ether oxygens (including phenoxy) is 1. The summed E-state index contributed by atoms with van der Waals surface area (Å²) in [6.45, 7) is 4.83. The van der Waals surface area contributed by atoms with Gasteiger partial charge >= 0.3 is 0 Å². The zero-order valence-corrected chi connectivity index (χ0v) is 13.0. The van der Waals surface area contributed by atoms with Gasteiger partial charge in [0, 0.05) is 19.5 Å². The van der Waals surface area contributed by atoms with Crippen LogP contribution < -0.4 is 0 Å². The van der Waals surface area contributed by atoms with Gasteiger partial charge in [-0.1, -0.05) is 0 Å². The molecular formula is C16H18FN5O. The number of aliphatic imine (C=N–C) groups is 2. The van der Waals surface area contributed by atoms with E-state index >= 15 is 0 Å². The second-order valence-corrected chi connectivity index (χ2v) is 5.86. The van der Waals surface area contributed by atoms with Crippen LogP contribution in [-0.4, -0.2) is 53.0 Å². The van der Waals surface area contributed by atoms with Gasteiger partial charge in [-0.15, -0.1) is 0 Å². The average Bonchev–Trinajstić information content (AvgIpc) is 3.17. The summed E-state index contributed by atoms with van der Waals surface area (Å²) in [7, 11) is 0. The number of aryl methyl sites for hydroxylation is 1. The SMILES string of the molecule is Cc1cc(F)cc2[nH]c(CC3=NCCC(N4CCOC4)=N3)nc12. The summed E-state index contributed by atoms with van der Waals surface area (Å²) in [4.78, 5) is 19.0. The molecule has 1 N–H and O–H groups in total. The average molecular weight is 315 g/mol. The van der Waals surface area contributed by atoms with Crippen molar-refractivity contribution in [3.05, 3.63) is 29.3 Å². The fourth-order valence-corrected chi connectivity index (χ4v) is 3.00. The molecule has 1 saturated heterocycles. The first-order chi connectivity index (χ1) is 11.2. The number of benzene rings is 1. The van der Waals surface area contributed by atoms with Crippen molar-refractivity contribution in [3.8, 4) is 0 Å². The van der Waals surface area contributed by atoms with Gasteiger partial charge in [0.05, 0.1) is 24.1 Å². The molecule has 120 valence electrons. The van der Waals surface area contributed by atoms with E-state index < -0.39 is 0 Å². The van der Waals surface area contributed by atoms with Crippen LogP contribution in [0.4, 0.5) is 4.39 Å². The third-order valence-electron chi connectivity index (χ3n) is 4.12. The van der Waals surface area contributed by atoms with E-state index in [0.717, 1.165) is 54.7 Å². The minimum atomic E-state index is -0.255. The summed E-state index contributed by atoms with van der Waals surface area (Å²) < 4.78 is 18.9. The third kappa shape index (κ3) is 2.84. The molecule has 0 spiro atoms. The Bertz CT molecular complexity index is 804. The number of hydrogen-bond donors (Lipinski definition) is 1. The molecule has 1 aromatic heterocycles. The Kier molecular flexibility index (Phi) is 3.57. The van der Waals surface area contributed by atoms with Gasteiger partial charge in [-0.3, -0.25) is 4.99 Å². The Morgan fingerprint density at radius 1 is 1.39 bits per heavy atom. The van der Waals surface area contributed by atoms with E-state index in [1.807, 2.05) is 6.92 Å². The highest BCUT2D eigenvalue weighted by Crippen LogP contribution is 2.19.